The molecule has 0 fully saturated rings. The van der Waals surface area contributed by atoms with Gasteiger partial charge >= 0.3 is 11.9 Å². The number of fused-ring (bicyclic) bond motifs is 1. The van der Waals surface area contributed by atoms with Crippen LogP contribution in [0, 0.1) is 5.82 Å². The molecule has 0 saturated carbocycles. The number of rotatable bonds is 5. The minimum absolute atomic E-state index is 0.0503. The van der Waals surface area contributed by atoms with Gasteiger partial charge in [-0.25, -0.2) is 14.0 Å². The summed E-state index contributed by atoms with van der Waals surface area (Å²) in [4.78, 5) is 24.6. The zero-order valence-electron chi connectivity index (χ0n) is 15.6. The summed E-state index contributed by atoms with van der Waals surface area (Å²) in [5.41, 5.74) is 0.264. The summed E-state index contributed by atoms with van der Waals surface area (Å²) in [7, 11) is 0. The maximum Gasteiger partial charge on any atom is 0.379 e. The second kappa shape index (κ2) is 8.45. The molecule has 4 rings (SSSR count). The standard InChI is InChI=1S/C24H15FO5/c25-18-9-2-1-6-16(18)13-14-22(26)29-19-10-3-7-17-8-4-11-20(23(17)19)30-24(27)21-12-5-15-28-21/h1-15H. The number of esters is 2. The van der Waals surface area contributed by atoms with Crippen LogP contribution >= 0.6 is 0 Å². The Hall–Kier alpha value is -4.19. The molecule has 1 aromatic heterocycles. The summed E-state index contributed by atoms with van der Waals surface area (Å²) >= 11 is 0. The molecule has 0 aliphatic rings. The maximum absolute atomic E-state index is 13.7. The van der Waals surface area contributed by atoms with Crippen molar-refractivity contribution in [3.8, 4) is 11.5 Å². The number of furan rings is 1. The summed E-state index contributed by atoms with van der Waals surface area (Å²) < 4.78 is 29.7. The molecule has 1 heterocycles. The van der Waals surface area contributed by atoms with Gasteiger partial charge in [-0.1, -0.05) is 42.5 Å². The minimum atomic E-state index is -0.696. The van der Waals surface area contributed by atoms with Gasteiger partial charge < -0.3 is 13.9 Å². The quantitative estimate of drug-likeness (QED) is 0.254. The zero-order chi connectivity index (χ0) is 20.9. The Bertz CT molecular complexity index is 1240. The SMILES string of the molecule is O=C(C=Cc1ccccc1F)Oc1cccc2cccc(OC(=O)c3ccco3)c12. The van der Waals surface area contributed by atoms with Crippen molar-refractivity contribution in [2.24, 2.45) is 0 Å². The number of hydrogen-bond acceptors (Lipinski definition) is 5. The topological polar surface area (TPSA) is 65.7 Å². The first-order valence-corrected chi connectivity index (χ1v) is 9.03. The van der Waals surface area contributed by atoms with E-state index < -0.39 is 17.8 Å². The van der Waals surface area contributed by atoms with Crippen LogP contribution in [0.2, 0.25) is 0 Å². The Morgan fingerprint density at radius 2 is 1.57 bits per heavy atom. The molecule has 0 aliphatic heterocycles. The van der Waals surface area contributed by atoms with Crippen molar-refractivity contribution in [1.29, 1.82) is 0 Å². The van der Waals surface area contributed by atoms with Crippen molar-refractivity contribution >= 4 is 28.8 Å². The first kappa shape index (κ1) is 19.1. The lowest BCUT2D eigenvalue weighted by atomic mass is 10.1. The molecule has 0 atom stereocenters. The Morgan fingerprint density at radius 3 is 2.27 bits per heavy atom. The number of ether oxygens (including phenoxy) is 2. The molecule has 30 heavy (non-hydrogen) atoms. The Balaban J connectivity index is 1.62. The van der Waals surface area contributed by atoms with Crippen molar-refractivity contribution in [3.63, 3.8) is 0 Å². The minimum Gasteiger partial charge on any atom is -0.457 e. The number of hydrogen-bond donors (Lipinski definition) is 0. The van der Waals surface area contributed by atoms with Gasteiger partial charge in [0.05, 0.1) is 11.6 Å². The molecule has 0 aliphatic carbocycles. The monoisotopic (exact) mass is 402 g/mol. The molecule has 148 valence electrons. The van der Waals surface area contributed by atoms with E-state index in [1.807, 2.05) is 0 Å². The van der Waals surface area contributed by atoms with Crippen molar-refractivity contribution < 1.29 is 27.9 Å². The number of halogens is 1. The van der Waals surface area contributed by atoms with Gasteiger partial charge in [0.25, 0.3) is 0 Å². The Kier molecular flexibility index (Phi) is 5.39. The van der Waals surface area contributed by atoms with E-state index in [1.54, 1.807) is 60.7 Å². The van der Waals surface area contributed by atoms with Crippen molar-refractivity contribution in [3.05, 3.63) is 102 Å². The van der Waals surface area contributed by atoms with E-state index in [4.69, 9.17) is 13.9 Å². The summed E-state index contributed by atoms with van der Waals surface area (Å²) in [6, 6.07) is 19.3. The second-order valence-electron chi connectivity index (χ2n) is 6.25. The fraction of sp³-hybridized carbons (Fsp3) is 0. The third-order valence-corrected chi connectivity index (χ3v) is 4.27. The average molecular weight is 402 g/mol. The predicted octanol–water partition coefficient (Wildman–Crippen LogP) is 5.41. The Labute approximate surface area is 171 Å². The van der Waals surface area contributed by atoms with Crippen LogP contribution in [0.25, 0.3) is 16.8 Å². The fourth-order valence-electron chi connectivity index (χ4n) is 2.90. The van der Waals surface area contributed by atoms with E-state index in [9.17, 15) is 14.0 Å². The molecule has 4 aromatic rings. The molecule has 6 heteroatoms. The van der Waals surface area contributed by atoms with Gasteiger partial charge in [-0.05, 0) is 41.8 Å². The molecule has 5 nitrogen and oxygen atoms in total. The van der Waals surface area contributed by atoms with E-state index >= 15 is 0 Å². The molecule has 0 bridgehead atoms. The van der Waals surface area contributed by atoms with Crippen LogP contribution < -0.4 is 9.47 Å². The summed E-state index contributed by atoms with van der Waals surface area (Å²) in [5.74, 6) is -1.34. The van der Waals surface area contributed by atoms with Gasteiger partial charge in [-0.3, -0.25) is 0 Å². The van der Waals surface area contributed by atoms with Crippen molar-refractivity contribution in [1.82, 2.24) is 0 Å². The number of benzene rings is 3. The molecule has 0 amide bonds. The largest absolute Gasteiger partial charge is 0.457 e. The molecule has 0 saturated heterocycles. The van der Waals surface area contributed by atoms with Crippen molar-refractivity contribution in [2.75, 3.05) is 0 Å². The number of carbonyl (C=O) groups excluding carboxylic acids is 2. The molecule has 3 aromatic carbocycles. The average Bonchev–Trinajstić information content (AvgIpc) is 3.29. The summed E-state index contributed by atoms with van der Waals surface area (Å²) in [6.07, 6.45) is 3.84. The van der Waals surface area contributed by atoms with Crippen molar-refractivity contribution in [2.45, 2.75) is 0 Å². The van der Waals surface area contributed by atoms with Crippen LogP contribution in [0.4, 0.5) is 4.39 Å². The first-order chi connectivity index (χ1) is 14.6. The van der Waals surface area contributed by atoms with Crippen LogP contribution in [0.5, 0.6) is 11.5 Å². The molecular weight excluding hydrogens is 387 g/mol. The van der Waals surface area contributed by atoms with Gasteiger partial charge in [0.1, 0.15) is 17.3 Å². The van der Waals surface area contributed by atoms with Crippen LogP contribution in [0.15, 0.2) is 89.6 Å². The number of carbonyl (C=O) groups is 2. The normalized spacial score (nSPS) is 11.0. The lowest BCUT2D eigenvalue weighted by Crippen LogP contribution is -2.09. The van der Waals surface area contributed by atoms with Crippen LogP contribution in [-0.4, -0.2) is 11.9 Å². The highest BCUT2D eigenvalue weighted by atomic mass is 19.1. The third-order valence-electron chi connectivity index (χ3n) is 4.27. The maximum atomic E-state index is 13.7. The molecule has 0 N–H and O–H groups in total. The molecule has 0 spiro atoms. The van der Waals surface area contributed by atoms with E-state index in [-0.39, 0.29) is 22.8 Å². The summed E-state index contributed by atoms with van der Waals surface area (Å²) in [6.45, 7) is 0. The third kappa shape index (κ3) is 4.12. The lowest BCUT2D eigenvalue weighted by Gasteiger charge is -2.11. The highest BCUT2D eigenvalue weighted by Crippen LogP contribution is 2.34. The van der Waals surface area contributed by atoms with E-state index in [1.165, 1.54) is 24.5 Å². The smallest absolute Gasteiger partial charge is 0.379 e. The van der Waals surface area contributed by atoms with Gasteiger partial charge in [0, 0.05) is 11.6 Å². The molecule has 0 unspecified atom stereocenters. The van der Waals surface area contributed by atoms with Crippen LogP contribution in [0.1, 0.15) is 16.1 Å². The van der Waals surface area contributed by atoms with Gasteiger partial charge in [0.2, 0.25) is 5.76 Å². The zero-order valence-corrected chi connectivity index (χ0v) is 15.6. The highest BCUT2D eigenvalue weighted by molar-refractivity contribution is 5.99. The second-order valence-corrected chi connectivity index (χ2v) is 6.25. The van der Waals surface area contributed by atoms with Crippen LogP contribution in [-0.2, 0) is 4.79 Å². The fourth-order valence-corrected chi connectivity index (χ4v) is 2.90. The Morgan fingerprint density at radius 1 is 0.833 bits per heavy atom. The van der Waals surface area contributed by atoms with Gasteiger partial charge in [0.15, 0.2) is 0 Å². The lowest BCUT2D eigenvalue weighted by molar-refractivity contribution is -0.128. The first-order valence-electron chi connectivity index (χ1n) is 9.03. The van der Waals surface area contributed by atoms with Crippen LogP contribution in [0.3, 0.4) is 0 Å². The van der Waals surface area contributed by atoms with Gasteiger partial charge in [-0.15, -0.1) is 0 Å². The van der Waals surface area contributed by atoms with E-state index in [2.05, 4.69) is 0 Å². The highest BCUT2D eigenvalue weighted by Gasteiger charge is 2.16. The van der Waals surface area contributed by atoms with Gasteiger partial charge in [-0.2, -0.15) is 0 Å². The van der Waals surface area contributed by atoms with E-state index in [0.29, 0.717) is 10.8 Å². The molecule has 0 radical (unpaired) electrons. The van der Waals surface area contributed by atoms with E-state index in [0.717, 1.165) is 6.08 Å². The summed E-state index contributed by atoms with van der Waals surface area (Å²) in [5, 5.41) is 1.16. The molecular formula is C24H15FO5. The predicted molar refractivity (Wildman–Crippen MR) is 109 cm³/mol.